The maximum atomic E-state index is 13.0. The van der Waals surface area contributed by atoms with Crippen LogP contribution in [0, 0.1) is 5.92 Å². The number of hydrogen-bond donors (Lipinski definition) is 4. The van der Waals surface area contributed by atoms with Crippen molar-refractivity contribution in [2.24, 2.45) is 11.7 Å². The van der Waals surface area contributed by atoms with Gasteiger partial charge in [-0.3, -0.25) is 4.79 Å². The summed E-state index contributed by atoms with van der Waals surface area (Å²) in [5.74, 6) is 0.475. The molecule has 0 unspecified atom stereocenters. The lowest BCUT2D eigenvalue weighted by molar-refractivity contribution is -0.117. The lowest BCUT2D eigenvalue weighted by Gasteiger charge is -2.49. The molecule has 0 atom stereocenters. The first kappa shape index (κ1) is 29.7. The molecule has 9 nitrogen and oxygen atoms in total. The van der Waals surface area contributed by atoms with E-state index in [0.29, 0.717) is 30.8 Å². The van der Waals surface area contributed by atoms with Gasteiger partial charge in [0, 0.05) is 35.2 Å². The van der Waals surface area contributed by atoms with Gasteiger partial charge in [0.1, 0.15) is 5.69 Å². The van der Waals surface area contributed by atoms with Crippen LogP contribution in [-0.4, -0.2) is 55.0 Å². The second kappa shape index (κ2) is 11.8. The number of nitrogens with one attached hydrogen (secondary N) is 1. The van der Waals surface area contributed by atoms with Crippen LogP contribution in [0.2, 0.25) is 0 Å². The van der Waals surface area contributed by atoms with Gasteiger partial charge < -0.3 is 26.2 Å². The molecule has 42 heavy (non-hydrogen) atoms. The highest BCUT2D eigenvalue weighted by Crippen LogP contribution is 2.46. The lowest BCUT2D eigenvalue weighted by atomic mass is 9.63. The molecule has 0 aliphatic heterocycles. The van der Waals surface area contributed by atoms with Gasteiger partial charge in [0.2, 0.25) is 5.91 Å². The molecule has 0 radical (unpaired) electrons. The van der Waals surface area contributed by atoms with Gasteiger partial charge in [-0.2, -0.15) is 0 Å². The van der Waals surface area contributed by atoms with Crippen molar-refractivity contribution in [3.8, 4) is 22.4 Å². The minimum atomic E-state index is -0.880. The maximum absolute atomic E-state index is 13.0. The lowest BCUT2D eigenvalue weighted by Crippen LogP contribution is -2.58. The number of aliphatic hydroxyl groups is 1. The zero-order valence-corrected chi connectivity index (χ0v) is 24.6. The van der Waals surface area contributed by atoms with Crippen LogP contribution in [0.5, 0.6) is 0 Å². The Labute approximate surface area is 247 Å². The molecule has 2 aliphatic carbocycles. The van der Waals surface area contributed by atoms with Crippen LogP contribution < -0.4 is 11.1 Å². The summed E-state index contributed by atoms with van der Waals surface area (Å²) >= 11 is 0. The Morgan fingerprint density at radius 3 is 2.21 bits per heavy atom. The minimum absolute atomic E-state index is 0.00158. The first-order chi connectivity index (χ1) is 19.9. The van der Waals surface area contributed by atoms with Gasteiger partial charge in [0.05, 0.1) is 5.60 Å². The predicted octanol–water partition coefficient (Wildman–Crippen LogP) is 5.79. The number of aromatic nitrogens is 2. The molecule has 2 saturated carbocycles. The van der Waals surface area contributed by atoms with Gasteiger partial charge in [-0.15, -0.1) is 10.2 Å². The summed E-state index contributed by atoms with van der Waals surface area (Å²) in [7, 11) is 0. The molecule has 0 saturated heterocycles. The largest absolute Gasteiger partial charge is 0.465 e. The van der Waals surface area contributed by atoms with Crippen molar-refractivity contribution in [2.45, 2.75) is 88.9 Å². The molecule has 222 valence electrons. The normalized spacial score (nSPS) is 25.5. The van der Waals surface area contributed by atoms with Gasteiger partial charge in [-0.05, 0) is 82.4 Å². The average Bonchev–Trinajstić information content (AvgIpc) is 2.93. The Bertz CT molecular complexity index is 1410. The second-order valence-corrected chi connectivity index (χ2v) is 12.7. The van der Waals surface area contributed by atoms with Crippen LogP contribution in [0.25, 0.3) is 22.4 Å². The van der Waals surface area contributed by atoms with Crippen molar-refractivity contribution >= 4 is 17.8 Å². The minimum Gasteiger partial charge on any atom is -0.465 e. The molecule has 0 spiro atoms. The van der Waals surface area contributed by atoms with Crippen LogP contribution in [0.15, 0.2) is 60.7 Å². The standard InChI is InChI=1S/C33H41N5O4/c1-21(2)38(31(40)41)26-15-9-22(10-16-26)17-29(39)35-28-18-27(23-7-5-4-6-8-23)30(37-36-28)24-11-13-25(14-12-24)33(34)19-32(3,42)20-33/h4-8,11-14,18,21-22,26,42H,9-10,15-17,19-20,34H2,1-3H3,(H,40,41)(H,35,36,39). The van der Waals surface area contributed by atoms with Crippen molar-refractivity contribution in [3.05, 3.63) is 66.2 Å². The third-order valence-electron chi connectivity index (χ3n) is 8.73. The van der Waals surface area contributed by atoms with E-state index in [1.807, 2.05) is 81.4 Å². The highest BCUT2D eigenvalue weighted by atomic mass is 16.4. The zero-order valence-electron chi connectivity index (χ0n) is 24.6. The highest BCUT2D eigenvalue weighted by Gasteiger charge is 2.49. The summed E-state index contributed by atoms with van der Waals surface area (Å²) in [6.07, 6.45) is 3.66. The monoisotopic (exact) mass is 571 g/mol. The van der Waals surface area contributed by atoms with Gasteiger partial charge >= 0.3 is 6.09 Å². The van der Waals surface area contributed by atoms with Crippen molar-refractivity contribution in [1.29, 1.82) is 0 Å². The van der Waals surface area contributed by atoms with Gasteiger partial charge in [-0.1, -0.05) is 54.6 Å². The van der Waals surface area contributed by atoms with E-state index in [1.165, 1.54) is 4.90 Å². The molecule has 9 heteroatoms. The Balaban J connectivity index is 1.28. The second-order valence-electron chi connectivity index (χ2n) is 12.7. The van der Waals surface area contributed by atoms with Gasteiger partial charge in [0.15, 0.2) is 5.82 Å². The van der Waals surface area contributed by atoms with E-state index >= 15 is 0 Å². The highest BCUT2D eigenvalue weighted by molar-refractivity contribution is 5.91. The molecule has 0 bridgehead atoms. The summed E-state index contributed by atoms with van der Waals surface area (Å²) in [6.45, 7) is 5.60. The zero-order chi connectivity index (χ0) is 30.1. The fourth-order valence-corrected chi connectivity index (χ4v) is 6.86. The molecule has 1 aromatic heterocycles. The molecular weight excluding hydrogens is 530 g/mol. The molecule has 5 rings (SSSR count). The molecule has 1 heterocycles. The number of nitrogens with two attached hydrogens (primary N) is 1. The smallest absolute Gasteiger partial charge is 0.407 e. The van der Waals surface area contributed by atoms with Crippen LogP contribution >= 0.6 is 0 Å². The number of carbonyl (C=O) groups excluding carboxylic acids is 1. The van der Waals surface area contributed by atoms with Crippen LogP contribution in [0.4, 0.5) is 10.6 Å². The van der Waals surface area contributed by atoms with Gasteiger partial charge in [-0.25, -0.2) is 4.79 Å². The van der Waals surface area contributed by atoms with E-state index in [2.05, 4.69) is 15.5 Å². The number of carboxylic acid groups (broad SMARTS) is 1. The number of nitrogens with zero attached hydrogens (tertiary/aromatic N) is 3. The molecule has 5 N–H and O–H groups in total. The van der Waals surface area contributed by atoms with Gasteiger partial charge in [0.25, 0.3) is 0 Å². The van der Waals surface area contributed by atoms with E-state index < -0.39 is 17.2 Å². The number of benzene rings is 2. The third kappa shape index (κ3) is 6.47. The Kier molecular flexibility index (Phi) is 8.35. The third-order valence-corrected chi connectivity index (χ3v) is 8.73. The Hall–Kier alpha value is -3.82. The Morgan fingerprint density at radius 2 is 1.64 bits per heavy atom. The van der Waals surface area contributed by atoms with E-state index in [9.17, 15) is 19.8 Å². The van der Waals surface area contributed by atoms with Crippen molar-refractivity contribution < 1.29 is 19.8 Å². The number of amides is 2. The summed E-state index contributed by atoms with van der Waals surface area (Å²) in [6, 6.07) is 19.6. The molecule has 2 aliphatic rings. The van der Waals surface area contributed by atoms with Crippen LogP contribution in [0.3, 0.4) is 0 Å². The number of anilines is 1. The van der Waals surface area contributed by atoms with Crippen molar-refractivity contribution in [1.82, 2.24) is 15.1 Å². The summed E-state index contributed by atoms with van der Waals surface area (Å²) < 4.78 is 0. The fraction of sp³-hybridized carbons (Fsp3) is 0.455. The molecule has 2 amide bonds. The summed E-state index contributed by atoms with van der Waals surface area (Å²) in [4.78, 5) is 26.2. The fourth-order valence-electron chi connectivity index (χ4n) is 6.86. The number of rotatable bonds is 8. The van der Waals surface area contributed by atoms with E-state index in [4.69, 9.17) is 5.73 Å². The number of carbonyl (C=O) groups is 2. The van der Waals surface area contributed by atoms with Crippen LogP contribution in [-0.2, 0) is 10.3 Å². The van der Waals surface area contributed by atoms with E-state index in [-0.39, 0.29) is 23.9 Å². The molecule has 3 aromatic rings. The quantitative estimate of drug-likeness (QED) is 0.268. The first-order valence-corrected chi connectivity index (χ1v) is 14.8. The average molecular weight is 572 g/mol. The first-order valence-electron chi connectivity index (χ1n) is 14.8. The van der Waals surface area contributed by atoms with Crippen molar-refractivity contribution in [3.63, 3.8) is 0 Å². The topological polar surface area (TPSA) is 142 Å². The summed E-state index contributed by atoms with van der Waals surface area (Å²) in [5, 5.41) is 31.6. The van der Waals surface area contributed by atoms with Crippen molar-refractivity contribution in [2.75, 3.05) is 5.32 Å². The Morgan fingerprint density at radius 1 is 1.00 bits per heavy atom. The van der Waals surface area contributed by atoms with E-state index in [0.717, 1.165) is 47.9 Å². The molecule has 2 aromatic carbocycles. The number of hydrogen-bond acceptors (Lipinski definition) is 6. The molecule has 2 fully saturated rings. The SMILES string of the molecule is CC(C)N(C(=O)O)C1CCC(CC(=O)Nc2cc(-c3ccccc3)c(-c3ccc(C4(N)CC(C)(O)C4)cc3)nn2)CC1. The maximum Gasteiger partial charge on any atom is 0.407 e. The van der Waals surface area contributed by atoms with Crippen LogP contribution in [0.1, 0.15) is 71.3 Å². The van der Waals surface area contributed by atoms with E-state index in [1.54, 1.807) is 0 Å². The summed E-state index contributed by atoms with van der Waals surface area (Å²) in [5.41, 5.74) is 9.64. The predicted molar refractivity (Wildman–Crippen MR) is 163 cm³/mol. The molecular formula is C33H41N5O4.